The molecule has 1 N–H and O–H groups in total. The van der Waals surface area contributed by atoms with E-state index < -0.39 is 0 Å². The monoisotopic (exact) mass is 453 g/mol. The highest BCUT2D eigenvalue weighted by atomic mass is 16.5. The Hall–Kier alpha value is -4.13. The number of H-pyrrole nitrogens is 1. The maximum absolute atomic E-state index is 5.66. The fraction of sp³-hybridized carbons (Fsp3) is 0.222. The number of benzene rings is 3. The van der Waals surface area contributed by atoms with Crippen molar-refractivity contribution in [2.24, 2.45) is 0 Å². The highest BCUT2D eigenvalue weighted by molar-refractivity contribution is 5.80. The van der Waals surface area contributed by atoms with Gasteiger partial charge in [0.25, 0.3) is 0 Å². The highest BCUT2D eigenvalue weighted by Gasteiger charge is 2.19. The van der Waals surface area contributed by atoms with Crippen molar-refractivity contribution in [1.82, 2.24) is 24.7 Å². The van der Waals surface area contributed by atoms with Gasteiger partial charge in [0.05, 0.1) is 31.8 Å². The van der Waals surface area contributed by atoms with Gasteiger partial charge in [-0.1, -0.05) is 30.3 Å². The largest absolute Gasteiger partial charge is 0.497 e. The van der Waals surface area contributed by atoms with Crippen LogP contribution in [0.1, 0.15) is 28.1 Å². The van der Waals surface area contributed by atoms with Gasteiger partial charge >= 0.3 is 0 Å². The number of ether oxygens (including phenoxy) is 2. The van der Waals surface area contributed by atoms with E-state index in [1.807, 2.05) is 36.4 Å². The summed E-state index contributed by atoms with van der Waals surface area (Å²) in [4.78, 5) is 8.29. The SMILES string of the molecule is COc1ccc(Cn2c(Cc3ccccc3)nnc2-c2nc3cc(C)c(C)cc3[nH]2)c(OC)c1. The number of methoxy groups -OCH3 is 2. The standard InChI is InChI=1S/C27H27N5O2/c1-17-12-22-23(13-18(17)2)29-26(28-22)27-31-30-25(14-19-8-6-5-7-9-19)32(27)16-20-10-11-21(33-3)15-24(20)34-4/h5-13,15H,14,16H2,1-4H3,(H,28,29). The van der Waals surface area contributed by atoms with Crippen molar-refractivity contribution in [1.29, 1.82) is 0 Å². The molecule has 2 heterocycles. The molecule has 5 aromatic rings. The van der Waals surface area contributed by atoms with Gasteiger partial charge in [0, 0.05) is 18.1 Å². The van der Waals surface area contributed by atoms with Crippen molar-refractivity contribution < 1.29 is 9.47 Å². The van der Waals surface area contributed by atoms with Gasteiger partial charge in [-0.15, -0.1) is 10.2 Å². The smallest absolute Gasteiger partial charge is 0.200 e. The predicted octanol–water partition coefficient (Wildman–Crippen LogP) is 5.09. The minimum Gasteiger partial charge on any atom is -0.497 e. The zero-order valence-corrected chi connectivity index (χ0v) is 19.8. The van der Waals surface area contributed by atoms with Crippen LogP contribution in [0.5, 0.6) is 11.5 Å². The Kier molecular flexibility index (Phi) is 5.76. The number of nitrogens with zero attached hydrogens (tertiary/aromatic N) is 4. The predicted molar refractivity (Wildman–Crippen MR) is 132 cm³/mol. The van der Waals surface area contributed by atoms with Crippen LogP contribution >= 0.6 is 0 Å². The number of rotatable bonds is 7. The number of nitrogens with one attached hydrogen (secondary N) is 1. The lowest BCUT2D eigenvalue weighted by Gasteiger charge is -2.14. The van der Waals surface area contributed by atoms with Crippen molar-refractivity contribution in [3.63, 3.8) is 0 Å². The molecule has 0 unspecified atom stereocenters. The molecule has 0 saturated heterocycles. The van der Waals surface area contributed by atoms with Crippen molar-refractivity contribution in [3.05, 3.63) is 88.7 Å². The van der Waals surface area contributed by atoms with Gasteiger partial charge in [-0.3, -0.25) is 0 Å². The number of hydrogen-bond donors (Lipinski definition) is 1. The van der Waals surface area contributed by atoms with Crippen LogP contribution in [0.3, 0.4) is 0 Å². The molecule has 7 nitrogen and oxygen atoms in total. The molecule has 3 aromatic carbocycles. The molecular formula is C27H27N5O2. The van der Waals surface area contributed by atoms with E-state index in [2.05, 4.69) is 57.9 Å². The Balaban J connectivity index is 1.61. The van der Waals surface area contributed by atoms with E-state index in [9.17, 15) is 0 Å². The molecule has 0 spiro atoms. The second kappa shape index (κ2) is 9.02. The zero-order valence-electron chi connectivity index (χ0n) is 19.8. The van der Waals surface area contributed by atoms with E-state index in [-0.39, 0.29) is 0 Å². The number of aryl methyl sites for hydroxylation is 2. The minimum absolute atomic E-state index is 0.534. The summed E-state index contributed by atoms with van der Waals surface area (Å²) in [5, 5.41) is 9.13. The molecule has 0 saturated carbocycles. The van der Waals surface area contributed by atoms with Gasteiger partial charge in [0.15, 0.2) is 11.6 Å². The Bertz CT molecular complexity index is 1410. The van der Waals surface area contributed by atoms with Crippen LogP contribution in [0.4, 0.5) is 0 Å². The number of fused-ring (bicyclic) bond motifs is 1. The van der Waals surface area contributed by atoms with Gasteiger partial charge in [0.1, 0.15) is 17.3 Å². The van der Waals surface area contributed by atoms with Crippen LogP contribution in [0.25, 0.3) is 22.7 Å². The first-order valence-electron chi connectivity index (χ1n) is 11.2. The van der Waals surface area contributed by atoms with E-state index in [4.69, 9.17) is 14.5 Å². The van der Waals surface area contributed by atoms with Crippen molar-refractivity contribution in [2.45, 2.75) is 26.8 Å². The summed E-state index contributed by atoms with van der Waals surface area (Å²) in [7, 11) is 3.31. The Morgan fingerprint density at radius 1 is 0.882 bits per heavy atom. The number of hydrogen-bond acceptors (Lipinski definition) is 5. The average molecular weight is 454 g/mol. The summed E-state index contributed by atoms with van der Waals surface area (Å²) in [5.74, 6) is 3.74. The van der Waals surface area contributed by atoms with Crippen molar-refractivity contribution >= 4 is 11.0 Å². The number of aromatic nitrogens is 5. The van der Waals surface area contributed by atoms with Crippen molar-refractivity contribution in [2.75, 3.05) is 14.2 Å². The first-order valence-corrected chi connectivity index (χ1v) is 11.2. The van der Waals surface area contributed by atoms with E-state index in [0.717, 1.165) is 33.9 Å². The maximum Gasteiger partial charge on any atom is 0.200 e. The van der Waals surface area contributed by atoms with E-state index in [1.54, 1.807) is 14.2 Å². The molecule has 0 radical (unpaired) electrons. The molecular weight excluding hydrogens is 426 g/mol. The van der Waals surface area contributed by atoms with E-state index in [1.165, 1.54) is 16.7 Å². The molecule has 0 atom stereocenters. The third kappa shape index (κ3) is 4.12. The van der Waals surface area contributed by atoms with Gasteiger partial charge in [-0.05, 0) is 54.8 Å². The van der Waals surface area contributed by atoms with Crippen LogP contribution in [0.2, 0.25) is 0 Å². The molecule has 2 aromatic heterocycles. The molecule has 34 heavy (non-hydrogen) atoms. The molecule has 172 valence electrons. The van der Waals surface area contributed by atoms with Crippen LogP contribution in [0, 0.1) is 13.8 Å². The molecule has 0 aliphatic carbocycles. The fourth-order valence-corrected chi connectivity index (χ4v) is 4.11. The lowest BCUT2D eigenvalue weighted by atomic mass is 10.1. The third-order valence-electron chi connectivity index (χ3n) is 6.16. The quantitative estimate of drug-likeness (QED) is 0.371. The van der Waals surface area contributed by atoms with Crippen LogP contribution in [-0.2, 0) is 13.0 Å². The molecule has 0 bridgehead atoms. The second-order valence-electron chi connectivity index (χ2n) is 8.41. The lowest BCUT2D eigenvalue weighted by molar-refractivity contribution is 0.390. The van der Waals surface area contributed by atoms with Crippen LogP contribution in [0.15, 0.2) is 60.7 Å². The molecule has 0 aliphatic heterocycles. The summed E-state index contributed by atoms with van der Waals surface area (Å²) < 4.78 is 13.1. The first kappa shape index (κ1) is 21.7. The maximum atomic E-state index is 5.66. The first-order chi connectivity index (χ1) is 16.6. The summed E-state index contributed by atoms with van der Waals surface area (Å²) in [5.41, 5.74) is 6.50. The van der Waals surface area contributed by atoms with Gasteiger partial charge in [0.2, 0.25) is 0 Å². The Morgan fingerprint density at radius 2 is 1.68 bits per heavy atom. The summed E-state index contributed by atoms with van der Waals surface area (Å²) >= 11 is 0. The average Bonchev–Trinajstić information content (AvgIpc) is 3.43. The van der Waals surface area contributed by atoms with Crippen LogP contribution in [-0.4, -0.2) is 39.0 Å². The minimum atomic E-state index is 0.534. The normalized spacial score (nSPS) is 11.2. The fourth-order valence-electron chi connectivity index (χ4n) is 4.11. The Morgan fingerprint density at radius 3 is 2.44 bits per heavy atom. The molecule has 0 fully saturated rings. The van der Waals surface area contributed by atoms with Crippen molar-refractivity contribution in [3.8, 4) is 23.1 Å². The highest BCUT2D eigenvalue weighted by Crippen LogP contribution is 2.28. The summed E-state index contributed by atoms with van der Waals surface area (Å²) in [6.07, 6.45) is 0.657. The van der Waals surface area contributed by atoms with Crippen LogP contribution < -0.4 is 9.47 Å². The zero-order chi connectivity index (χ0) is 23.7. The molecule has 5 rings (SSSR count). The summed E-state index contributed by atoms with van der Waals surface area (Å²) in [6.45, 7) is 4.73. The number of imidazole rings is 1. The third-order valence-corrected chi connectivity index (χ3v) is 6.16. The van der Waals surface area contributed by atoms with Gasteiger partial charge in [-0.2, -0.15) is 0 Å². The lowest BCUT2D eigenvalue weighted by Crippen LogP contribution is -2.09. The molecule has 0 amide bonds. The van der Waals surface area contributed by atoms with Gasteiger partial charge < -0.3 is 19.0 Å². The van der Waals surface area contributed by atoms with E-state index in [0.29, 0.717) is 24.6 Å². The Labute approximate surface area is 198 Å². The van der Waals surface area contributed by atoms with E-state index >= 15 is 0 Å². The topological polar surface area (TPSA) is 77.9 Å². The second-order valence-corrected chi connectivity index (χ2v) is 8.41. The molecule has 7 heteroatoms. The number of aromatic amines is 1. The summed E-state index contributed by atoms with van der Waals surface area (Å²) in [6, 6.07) is 20.3. The van der Waals surface area contributed by atoms with Gasteiger partial charge in [-0.25, -0.2) is 4.98 Å². The molecule has 0 aliphatic rings.